The first kappa shape index (κ1) is 12.5. The molecule has 5 nitrogen and oxygen atoms in total. The molecule has 0 aliphatic rings. The first-order chi connectivity index (χ1) is 8.70. The Hall–Kier alpha value is -1.91. The minimum absolute atomic E-state index is 0.454. The Morgan fingerprint density at radius 2 is 2.17 bits per heavy atom. The van der Waals surface area contributed by atoms with E-state index >= 15 is 0 Å². The highest BCUT2D eigenvalue weighted by Crippen LogP contribution is 2.26. The molecule has 0 spiro atoms. The number of oxazole rings is 1. The van der Waals surface area contributed by atoms with Gasteiger partial charge in [-0.2, -0.15) is 0 Å². The molecule has 0 unspecified atom stereocenters. The van der Waals surface area contributed by atoms with Crippen molar-refractivity contribution in [1.29, 1.82) is 0 Å². The van der Waals surface area contributed by atoms with Crippen molar-refractivity contribution in [3.8, 4) is 5.75 Å². The lowest BCUT2D eigenvalue weighted by molar-refractivity contribution is 0.307. The lowest BCUT2D eigenvalue weighted by Crippen LogP contribution is -2.00. The highest BCUT2D eigenvalue weighted by Gasteiger charge is 2.07. The molecule has 2 aromatic rings. The monoisotopic (exact) mass is 250 g/mol. The van der Waals surface area contributed by atoms with E-state index in [0.29, 0.717) is 29.1 Å². The summed E-state index contributed by atoms with van der Waals surface area (Å²) in [7, 11) is 0. The fourth-order valence-corrected chi connectivity index (χ4v) is 1.83. The van der Waals surface area contributed by atoms with E-state index in [1.807, 2.05) is 0 Å². The van der Waals surface area contributed by atoms with Crippen LogP contribution in [0.5, 0.6) is 5.75 Å². The number of benzene rings is 1. The molecule has 1 aromatic heterocycles. The highest BCUT2D eigenvalue weighted by atomic mass is 16.5. The zero-order valence-corrected chi connectivity index (χ0v) is 10.5. The van der Waals surface area contributed by atoms with E-state index < -0.39 is 5.76 Å². The van der Waals surface area contributed by atoms with Gasteiger partial charge in [-0.05, 0) is 6.42 Å². The number of unbranched alkanes of at least 4 members (excludes halogenated alkanes) is 3. The normalized spacial score (nSPS) is 10.9. The molecular weight excluding hydrogens is 232 g/mol. The molecule has 0 saturated carbocycles. The van der Waals surface area contributed by atoms with Gasteiger partial charge in [-0.15, -0.1) is 0 Å². The molecule has 1 aromatic carbocycles. The van der Waals surface area contributed by atoms with Crippen LogP contribution in [-0.4, -0.2) is 11.6 Å². The summed E-state index contributed by atoms with van der Waals surface area (Å²) in [5.74, 6) is 0.112. The SMILES string of the molecule is CCCCCCOc1cc2[nH]c(=O)oc2cc1N. The second kappa shape index (κ2) is 5.62. The zero-order chi connectivity index (χ0) is 13.0. The molecule has 3 N–H and O–H groups in total. The van der Waals surface area contributed by atoms with E-state index in [-0.39, 0.29) is 0 Å². The summed E-state index contributed by atoms with van der Waals surface area (Å²) in [6, 6.07) is 3.31. The van der Waals surface area contributed by atoms with Gasteiger partial charge in [0.25, 0.3) is 0 Å². The van der Waals surface area contributed by atoms with E-state index in [1.54, 1.807) is 12.1 Å². The van der Waals surface area contributed by atoms with Crippen molar-refractivity contribution in [2.24, 2.45) is 0 Å². The van der Waals surface area contributed by atoms with Crippen LogP contribution in [-0.2, 0) is 0 Å². The predicted octanol–water partition coefficient (Wildman–Crippen LogP) is 2.66. The molecule has 0 radical (unpaired) electrons. The molecule has 98 valence electrons. The lowest BCUT2D eigenvalue weighted by Gasteiger charge is -2.08. The first-order valence-corrected chi connectivity index (χ1v) is 6.26. The molecule has 0 amide bonds. The molecule has 0 aliphatic heterocycles. The number of hydrogen-bond acceptors (Lipinski definition) is 4. The van der Waals surface area contributed by atoms with E-state index in [2.05, 4.69) is 11.9 Å². The molecule has 0 aliphatic carbocycles. The van der Waals surface area contributed by atoms with Gasteiger partial charge in [-0.25, -0.2) is 4.79 Å². The third kappa shape index (κ3) is 2.85. The summed E-state index contributed by atoms with van der Waals surface area (Å²) in [5, 5.41) is 0. The predicted molar refractivity (Wildman–Crippen MR) is 70.9 cm³/mol. The molecule has 0 fully saturated rings. The van der Waals surface area contributed by atoms with Crippen LogP contribution in [0, 0.1) is 0 Å². The zero-order valence-electron chi connectivity index (χ0n) is 10.5. The first-order valence-electron chi connectivity index (χ1n) is 6.26. The van der Waals surface area contributed by atoms with Crippen molar-refractivity contribution >= 4 is 16.8 Å². The van der Waals surface area contributed by atoms with E-state index in [9.17, 15) is 4.79 Å². The van der Waals surface area contributed by atoms with E-state index in [1.165, 1.54) is 12.8 Å². The molecule has 0 bridgehead atoms. The molecule has 0 saturated heterocycles. The third-order valence-electron chi connectivity index (χ3n) is 2.81. The van der Waals surface area contributed by atoms with Crippen molar-refractivity contribution < 1.29 is 9.15 Å². The number of aromatic amines is 1. The standard InChI is InChI=1S/C13H18N2O3/c1-2-3-4-5-6-17-11-8-10-12(7-9(11)14)18-13(16)15-10/h7-8H,2-6,14H2,1H3,(H,15,16). The average molecular weight is 250 g/mol. The number of hydrogen-bond donors (Lipinski definition) is 2. The Bertz CT molecular complexity index is 571. The molecule has 0 atom stereocenters. The summed E-state index contributed by atoms with van der Waals surface area (Å²) in [6.45, 7) is 2.81. The van der Waals surface area contributed by atoms with Crippen LogP contribution in [0.4, 0.5) is 5.69 Å². The van der Waals surface area contributed by atoms with Crippen LogP contribution in [0.1, 0.15) is 32.6 Å². The summed E-state index contributed by atoms with van der Waals surface area (Å²) >= 11 is 0. The largest absolute Gasteiger partial charge is 0.491 e. The van der Waals surface area contributed by atoms with Gasteiger partial charge in [-0.1, -0.05) is 26.2 Å². The van der Waals surface area contributed by atoms with Crippen molar-refractivity contribution in [2.45, 2.75) is 32.6 Å². The minimum atomic E-state index is -0.482. The number of fused-ring (bicyclic) bond motifs is 1. The fraction of sp³-hybridized carbons (Fsp3) is 0.462. The highest BCUT2D eigenvalue weighted by molar-refractivity contribution is 5.80. The van der Waals surface area contributed by atoms with Crippen LogP contribution < -0.4 is 16.2 Å². The van der Waals surface area contributed by atoms with Gasteiger partial charge in [0.15, 0.2) is 5.58 Å². The number of nitrogens with two attached hydrogens (primary N) is 1. The number of rotatable bonds is 6. The Labute approximate surface area is 105 Å². The number of ether oxygens (including phenoxy) is 1. The van der Waals surface area contributed by atoms with Gasteiger partial charge >= 0.3 is 5.76 Å². The van der Waals surface area contributed by atoms with Crippen LogP contribution in [0.25, 0.3) is 11.1 Å². The molecule has 2 rings (SSSR count). The summed E-state index contributed by atoms with van der Waals surface area (Å²) in [4.78, 5) is 13.6. The number of anilines is 1. The topological polar surface area (TPSA) is 81.2 Å². The van der Waals surface area contributed by atoms with Crippen LogP contribution >= 0.6 is 0 Å². The quantitative estimate of drug-likeness (QED) is 0.610. The van der Waals surface area contributed by atoms with E-state index in [0.717, 1.165) is 12.8 Å². The number of nitrogen functional groups attached to an aromatic ring is 1. The van der Waals surface area contributed by atoms with Crippen molar-refractivity contribution in [3.05, 3.63) is 22.7 Å². The second-order valence-corrected chi connectivity index (χ2v) is 4.31. The minimum Gasteiger partial charge on any atom is -0.491 e. The van der Waals surface area contributed by atoms with Gasteiger partial charge in [0.1, 0.15) is 5.75 Å². The van der Waals surface area contributed by atoms with Crippen LogP contribution in [0.15, 0.2) is 21.3 Å². The van der Waals surface area contributed by atoms with E-state index in [4.69, 9.17) is 14.9 Å². The molecular formula is C13H18N2O3. The summed E-state index contributed by atoms with van der Waals surface area (Å²) in [6.07, 6.45) is 4.58. The third-order valence-corrected chi connectivity index (χ3v) is 2.81. The van der Waals surface area contributed by atoms with Gasteiger partial charge in [0, 0.05) is 12.1 Å². The summed E-state index contributed by atoms with van der Waals surface area (Å²) in [5.41, 5.74) is 7.39. The van der Waals surface area contributed by atoms with Crippen LogP contribution in [0.3, 0.4) is 0 Å². The molecule has 5 heteroatoms. The van der Waals surface area contributed by atoms with Gasteiger partial charge in [0.05, 0.1) is 17.8 Å². The van der Waals surface area contributed by atoms with Gasteiger partial charge < -0.3 is 14.9 Å². The van der Waals surface area contributed by atoms with Crippen molar-refractivity contribution in [3.63, 3.8) is 0 Å². The Balaban J connectivity index is 2.03. The molecule has 1 heterocycles. The van der Waals surface area contributed by atoms with Crippen molar-refractivity contribution in [1.82, 2.24) is 4.98 Å². The average Bonchev–Trinajstić information content (AvgIpc) is 2.68. The summed E-state index contributed by atoms with van der Waals surface area (Å²) < 4.78 is 10.5. The maximum atomic E-state index is 11.0. The van der Waals surface area contributed by atoms with Gasteiger partial charge in [0.2, 0.25) is 0 Å². The lowest BCUT2D eigenvalue weighted by atomic mass is 10.2. The second-order valence-electron chi connectivity index (χ2n) is 4.31. The Kier molecular flexibility index (Phi) is 3.92. The number of H-pyrrole nitrogens is 1. The van der Waals surface area contributed by atoms with Gasteiger partial charge in [-0.3, -0.25) is 4.98 Å². The Morgan fingerprint density at radius 3 is 2.94 bits per heavy atom. The van der Waals surface area contributed by atoms with Crippen LogP contribution in [0.2, 0.25) is 0 Å². The maximum Gasteiger partial charge on any atom is 0.417 e. The number of nitrogens with one attached hydrogen (secondary N) is 1. The van der Waals surface area contributed by atoms with Crippen molar-refractivity contribution in [2.75, 3.05) is 12.3 Å². The molecule has 18 heavy (non-hydrogen) atoms. The maximum absolute atomic E-state index is 11.0. The fourth-order valence-electron chi connectivity index (χ4n) is 1.83. The smallest absolute Gasteiger partial charge is 0.417 e. The Morgan fingerprint density at radius 1 is 1.33 bits per heavy atom. The number of aromatic nitrogens is 1.